The maximum absolute atomic E-state index is 10.9. The van der Waals surface area contributed by atoms with Crippen molar-refractivity contribution in [3.63, 3.8) is 0 Å². The average molecular weight is 358 g/mol. The zero-order valence-electron chi connectivity index (χ0n) is 13.7. The van der Waals surface area contributed by atoms with E-state index in [1.54, 1.807) is 0 Å². The van der Waals surface area contributed by atoms with Gasteiger partial charge in [-0.1, -0.05) is 41.9 Å². The lowest BCUT2D eigenvalue weighted by Crippen LogP contribution is -2.31. The maximum Gasteiger partial charge on any atom is 0.303 e. The molecule has 3 rings (SSSR count). The van der Waals surface area contributed by atoms with Crippen LogP contribution in [0.25, 0.3) is 5.65 Å². The topological polar surface area (TPSA) is 66.6 Å². The first-order valence-corrected chi connectivity index (χ1v) is 8.60. The lowest BCUT2D eigenvalue weighted by Gasteiger charge is -2.18. The van der Waals surface area contributed by atoms with E-state index in [0.717, 1.165) is 17.8 Å². The highest BCUT2D eigenvalue weighted by Gasteiger charge is 2.13. The molecule has 0 aliphatic carbocycles. The third-order valence-corrected chi connectivity index (χ3v) is 4.37. The van der Waals surface area contributed by atoms with Crippen LogP contribution >= 0.6 is 11.6 Å². The normalized spacial score (nSPS) is 12.4. The lowest BCUT2D eigenvalue weighted by molar-refractivity contribution is -0.137. The van der Waals surface area contributed by atoms with Gasteiger partial charge in [-0.15, -0.1) is 0 Å². The Bertz CT molecular complexity index is 848. The van der Waals surface area contributed by atoms with Gasteiger partial charge in [0.2, 0.25) is 0 Å². The number of nitrogens with zero attached hydrogens (tertiary/aromatic N) is 2. The quantitative estimate of drug-likeness (QED) is 0.647. The van der Waals surface area contributed by atoms with Crippen molar-refractivity contribution < 1.29 is 9.90 Å². The Morgan fingerprint density at radius 1 is 1.24 bits per heavy atom. The Labute approximate surface area is 151 Å². The zero-order valence-corrected chi connectivity index (χ0v) is 14.5. The molecule has 6 heteroatoms. The number of pyridine rings is 1. The predicted octanol–water partition coefficient (Wildman–Crippen LogP) is 3.55. The molecule has 2 aromatic heterocycles. The van der Waals surface area contributed by atoms with Crippen LogP contribution in [0.15, 0.2) is 54.9 Å². The van der Waals surface area contributed by atoms with Crippen molar-refractivity contribution in [3.8, 4) is 0 Å². The van der Waals surface area contributed by atoms with E-state index in [0.29, 0.717) is 18.0 Å². The lowest BCUT2D eigenvalue weighted by atomic mass is 10.0. The van der Waals surface area contributed by atoms with E-state index < -0.39 is 5.97 Å². The van der Waals surface area contributed by atoms with Crippen LogP contribution in [0.4, 0.5) is 0 Å². The van der Waals surface area contributed by atoms with Crippen molar-refractivity contribution in [3.05, 3.63) is 71.1 Å². The molecule has 0 aliphatic heterocycles. The molecule has 1 unspecified atom stereocenters. The highest BCUT2D eigenvalue weighted by Crippen LogP contribution is 2.14. The number of aliphatic carboxylic acids is 1. The summed E-state index contributed by atoms with van der Waals surface area (Å²) in [7, 11) is 0. The summed E-state index contributed by atoms with van der Waals surface area (Å²) < 4.78 is 1.95. The Kier molecular flexibility index (Phi) is 5.68. The van der Waals surface area contributed by atoms with Gasteiger partial charge in [-0.25, -0.2) is 4.98 Å². The van der Waals surface area contributed by atoms with E-state index in [1.165, 1.54) is 5.56 Å². The second-order valence-electron chi connectivity index (χ2n) is 6.03. The number of carbonyl (C=O) groups is 1. The second kappa shape index (κ2) is 8.14. The first kappa shape index (κ1) is 17.5. The van der Waals surface area contributed by atoms with Gasteiger partial charge >= 0.3 is 5.97 Å². The molecule has 1 aromatic carbocycles. The molecule has 0 fully saturated rings. The van der Waals surface area contributed by atoms with E-state index in [4.69, 9.17) is 16.7 Å². The van der Waals surface area contributed by atoms with Gasteiger partial charge in [0.25, 0.3) is 0 Å². The van der Waals surface area contributed by atoms with Crippen LogP contribution in [0.3, 0.4) is 0 Å². The predicted molar refractivity (Wildman–Crippen MR) is 97.8 cm³/mol. The highest BCUT2D eigenvalue weighted by atomic mass is 35.5. The minimum atomic E-state index is -0.776. The zero-order chi connectivity index (χ0) is 17.6. The number of hydrogen-bond donors (Lipinski definition) is 2. The summed E-state index contributed by atoms with van der Waals surface area (Å²) in [5.41, 5.74) is 3.02. The van der Waals surface area contributed by atoms with Crippen molar-refractivity contribution in [2.45, 2.75) is 31.8 Å². The molecule has 0 saturated carbocycles. The molecule has 2 N–H and O–H groups in total. The highest BCUT2D eigenvalue weighted by molar-refractivity contribution is 6.30. The number of benzene rings is 1. The number of hydrogen-bond acceptors (Lipinski definition) is 3. The first-order chi connectivity index (χ1) is 12.1. The summed E-state index contributed by atoms with van der Waals surface area (Å²) in [6.45, 7) is 0.596. The van der Waals surface area contributed by atoms with Crippen molar-refractivity contribution in [2.75, 3.05) is 0 Å². The Hall–Kier alpha value is -2.37. The minimum absolute atomic E-state index is 0.0724. The molecule has 2 heterocycles. The van der Waals surface area contributed by atoms with Crippen LogP contribution in [-0.2, 0) is 17.8 Å². The number of rotatable bonds is 8. The third-order valence-electron chi connectivity index (χ3n) is 4.15. The molecular weight excluding hydrogens is 338 g/mol. The van der Waals surface area contributed by atoms with Gasteiger partial charge in [0.05, 0.1) is 16.9 Å². The fourth-order valence-corrected chi connectivity index (χ4v) is 3.02. The van der Waals surface area contributed by atoms with E-state index in [-0.39, 0.29) is 12.5 Å². The van der Waals surface area contributed by atoms with Gasteiger partial charge in [0, 0.05) is 25.2 Å². The summed E-state index contributed by atoms with van der Waals surface area (Å²) in [4.78, 5) is 15.3. The molecule has 5 nitrogen and oxygen atoms in total. The number of carboxylic acids is 1. The Morgan fingerprint density at radius 2 is 2.04 bits per heavy atom. The molecule has 0 saturated heterocycles. The van der Waals surface area contributed by atoms with Crippen molar-refractivity contribution in [2.24, 2.45) is 0 Å². The van der Waals surface area contributed by atoms with E-state index in [9.17, 15) is 4.79 Å². The molecule has 0 spiro atoms. The summed E-state index contributed by atoms with van der Waals surface area (Å²) in [5.74, 6) is -0.776. The van der Waals surface area contributed by atoms with Gasteiger partial charge < -0.3 is 14.8 Å². The van der Waals surface area contributed by atoms with Crippen molar-refractivity contribution >= 4 is 23.2 Å². The third kappa shape index (κ3) is 4.81. The van der Waals surface area contributed by atoms with Gasteiger partial charge in [-0.05, 0) is 30.5 Å². The summed E-state index contributed by atoms with van der Waals surface area (Å²) in [6, 6.07) is 13.8. The van der Waals surface area contributed by atoms with Crippen LogP contribution in [0.5, 0.6) is 0 Å². The van der Waals surface area contributed by atoms with Crippen LogP contribution in [0.2, 0.25) is 5.02 Å². The summed E-state index contributed by atoms with van der Waals surface area (Å²) in [5, 5.41) is 13.1. The van der Waals surface area contributed by atoms with Crippen LogP contribution in [-0.4, -0.2) is 26.5 Å². The number of nitrogens with one attached hydrogen (secondary N) is 1. The Morgan fingerprint density at radius 3 is 2.80 bits per heavy atom. The molecular formula is C19H20ClN3O2. The molecule has 3 aromatic rings. The molecule has 0 radical (unpaired) electrons. The van der Waals surface area contributed by atoms with Crippen LogP contribution in [0.1, 0.15) is 24.1 Å². The molecule has 0 amide bonds. The first-order valence-electron chi connectivity index (χ1n) is 8.22. The van der Waals surface area contributed by atoms with E-state index >= 15 is 0 Å². The van der Waals surface area contributed by atoms with E-state index in [2.05, 4.69) is 22.4 Å². The fraction of sp³-hybridized carbons (Fsp3) is 0.263. The van der Waals surface area contributed by atoms with Gasteiger partial charge in [0.1, 0.15) is 5.65 Å². The maximum atomic E-state index is 10.9. The van der Waals surface area contributed by atoms with Crippen LogP contribution < -0.4 is 5.32 Å². The largest absolute Gasteiger partial charge is 0.481 e. The fourth-order valence-electron chi connectivity index (χ4n) is 2.86. The van der Waals surface area contributed by atoms with Gasteiger partial charge in [-0.2, -0.15) is 0 Å². The smallest absolute Gasteiger partial charge is 0.303 e. The molecule has 0 aliphatic rings. The van der Waals surface area contributed by atoms with Crippen LogP contribution in [0, 0.1) is 0 Å². The molecule has 0 bridgehead atoms. The molecule has 25 heavy (non-hydrogen) atoms. The molecule has 1 atom stereocenters. The standard InChI is InChI=1S/C19H20ClN3O2/c20-15-6-8-18-22-12-17(23(18)13-15)11-21-16(7-9-19(24)25)10-14-4-2-1-3-5-14/h1-6,8,12-13,16,21H,7,9-11H2,(H,24,25). The van der Waals surface area contributed by atoms with Gasteiger partial charge in [0.15, 0.2) is 0 Å². The number of carboxylic acid groups (broad SMARTS) is 1. The number of aromatic nitrogens is 2. The van der Waals surface area contributed by atoms with E-state index in [1.807, 2.05) is 47.1 Å². The number of imidazole rings is 1. The monoisotopic (exact) mass is 357 g/mol. The Balaban J connectivity index is 1.70. The summed E-state index contributed by atoms with van der Waals surface area (Å²) in [6.07, 6.45) is 5.15. The second-order valence-corrected chi connectivity index (χ2v) is 6.46. The average Bonchev–Trinajstić information content (AvgIpc) is 3.00. The van der Waals surface area contributed by atoms with Crippen molar-refractivity contribution in [1.82, 2.24) is 14.7 Å². The van der Waals surface area contributed by atoms with Gasteiger partial charge in [-0.3, -0.25) is 4.79 Å². The SMILES string of the molecule is O=C(O)CCC(Cc1ccccc1)NCc1cnc2ccc(Cl)cn12. The molecule has 130 valence electrons. The summed E-state index contributed by atoms with van der Waals surface area (Å²) >= 11 is 6.07. The number of fused-ring (bicyclic) bond motifs is 1. The minimum Gasteiger partial charge on any atom is -0.481 e. The van der Waals surface area contributed by atoms with Crippen molar-refractivity contribution in [1.29, 1.82) is 0 Å². The number of halogens is 1.